The number of methoxy groups -OCH3 is 2. The number of anilines is 10. The molecule has 8 aromatic heterocycles. The second-order valence-electron chi connectivity index (χ2n) is 31.7. The molecule has 0 aliphatic carbocycles. The number of aldehydes is 4. The minimum absolute atomic E-state index is 0.00622. The van der Waals surface area contributed by atoms with Crippen LogP contribution in [0.2, 0.25) is 0 Å². The first kappa shape index (κ1) is 104. The van der Waals surface area contributed by atoms with Gasteiger partial charge in [0.1, 0.15) is 136 Å². The maximum Gasteiger partial charge on any atom is 0.328 e. The van der Waals surface area contributed by atoms with E-state index in [1.54, 1.807) is 94.3 Å². The van der Waals surface area contributed by atoms with Crippen LogP contribution in [0.5, 0.6) is 11.5 Å². The highest BCUT2D eigenvalue weighted by atomic mass is 16.5. The Morgan fingerprint density at radius 3 is 1.09 bits per heavy atom. The minimum atomic E-state index is -0.571. The Balaban J connectivity index is 0.000000205. The molecule has 1 atom stereocenters. The van der Waals surface area contributed by atoms with E-state index in [-0.39, 0.29) is 167 Å². The molecule has 137 heavy (non-hydrogen) atoms. The van der Waals surface area contributed by atoms with Gasteiger partial charge in [-0.25, -0.2) is 59.0 Å². The van der Waals surface area contributed by atoms with Gasteiger partial charge in [-0.1, -0.05) is 24.3 Å². The number of rotatable bonds is 32. The molecule has 0 spiro atoms. The van der Waals surface area contributed by atoms with Crippen LogP contribution in [0.1, 0.15) is 121 Å². The number of likely N-dealkylation sites (N-methyl/N-ethyl adjacent to an activating group) is 2. The van der Waals surface area contributed by atoms with Crippen molar-refractivity contribution in [1.29, 1.82) is 21.0 Å². The number of urea groups is 4. The van der Waals surface area contributed by atoms with E-state index >= 15 is 0 Å². The van der Waals surface area contributed by atoms with E-state index in [4.69, 9.17) is 28.4 Å². The van der Waals surface area contributed by atoms with Crippen molar-refractivity contribution >= 4 is 131 Å². The first-order chi connectivity index (χ1) is 65.7. The van der Waals surface area contributed by atoms with Crippen LogP contribution in [0.3, 0.4) is 0 Å². The maximum atomic E-state index is 12.8. The number of aromatic nitrogens is 8. The Bertz CT molecular complexity index is 5900. The van der Waals surface area contributed by atoms with Crippen molar-refractivity contribution in [2.45, 2.75) is 79.0 Å². The summed E-state index contributed by atoms with van der Waals surface area (Å²) in [6, 6.07) is 25.2. The number of carbonyl (C=O) groups excluding carboxylic acids is 12. The predicted molar refractivity (Wildman–Crippen MR) is 499 cm³/mol. The molecule has 6 N–H and O–H groups in total. The number of nitrogens with zero attached hydrogens (tertiary/aromatic N) is 22. The largest absolute Gasteiger partial charge is 0.489 e. The summed E-state index contributed by atoms with van der Waals surface area (Å²) in [6.07, 6.45) is 7.30. The van der Waals surface area contributed by atoms with Gasteiger partial charge in [0.05, 0.1) is 80.5 Å². The summed E-state index contributed by atoms with van der Waals surface area (Å²) in [5, 5.41) is 53.8. The number of piperazine rings is 2. The number of nitriles is 4. The number of carbonyl (C=O) groups is 12. The van der Waals surface area contributed by atoms with Gasteiger partial charge in [-0.3, -0.25) is 89.0 Å². The lowest BCUT2D eigenvalue weighted by Gasteiger charge is -2.32. The van der Waals surface area contributed by atoms with Crippen molar-refractivity contribution in [3.8, 4) is 35.8 Å². The van der Waals surface area contributed by atoms with Gasteiger partial charge in [0.2, 0.25) is 23.6 Å². The molecule has 718 valence electrons. The molecule has 4 aliphatic heterocycles. The van der Waals surface area contributed by atoms with Crippen LogP contribution in [0.4, 0.5) is 77.1 Å². The van der Waals surface area contributed by atoms with Crippen LogP contribution in [0.15, 0.2) is 97.6 Å². The van der Waals surface area contributed by atoms with Crippen molar-refractivity contribution in [3.05, 3.63) is 165 Å². The third-order valence-corrected chi connectivity index (χ3v) is 20.8. The summed E-state index contributed by atoms with van der Waals surface area (Å²) in [5.41, 5.74) is 5.19. The van der Waals surface area contributed by atoms with Crippen molar-refractivity contribution in [3.63, 3.8) is 0 Å². The second-order valence-corrected chi connectivity index (χ2v) is 31.7. The number of amides is 12. The fourth-order valence-corrected chi connectivity index (χ4v) is 13.3. The molecule has 12 rings (SSSR count). The van der Waals surface area contributed by atoms with Gasteiger partial charge < -0.3 is 58.7 Å². The SMILES string of the molecule is CC(C)Nc1cc(NC(=O)N(C)c2ccc(CN3CCN(C)CC3=O)c(C=O)n2)ncc1C#N.CC(C)Oc1cc(NC(=O)N(C)c2ccc(CN3CCOCC3=O)c(C=O)n2)ncc1C#N.COCCNc1cc(NC(=O)N(C)c2ccc(CN3CCN(C)CC3=O)c(C=O)n2)ncc1C#N.COC[C@@H](C)Oc1cc(NC(=O)N(C)c2ccc(CN3CCOCC3=O)c(C=O)n2)ncc1C#N. The van der Waals surface area contributed by atoms with Gasteiger partial charge in [-0.2, -0.15) is 21.0 Å². The van der Waals surface area contributed by atoms with E-state index in [0.717, 1.165) is 13.1 Å². The molecule has 0 aromatic carbocycles. The summed E-state index contributed by atoms with van der Waals surface area (Å²) >= 11 is 0. The molecule has 46 nitrogen and oxygen atoms in total. The van der Waals surface area contributed by atoms with Crippen LogP contribution in [0.25, 0.3) is 0 Å². The molecule has 0 radical (unpaired) electrons. The van der Waals surface area contributed by atoms with E-state index in [2.05, 4.69) is 77.8 Å². The summed E-state index contributed by atoms with van der Waals surface area (Å²) in [7, 11) is 12.9. The van der Waals surface area contributed by atoms with E-state index < -0.39 is 24.1 Å². The van der Waals surface area contributed by atoms with Crippen molar-refractivity contribution < 1.29 is 86.0 Å². The first-order valence-electron chi connectivity index (χ1n) is 42.8. The minimum Gasteiger partial charge on any atom is -0.489 e. The molecule has 4 saturated heterocycles. The van der Waals surface area contributed by atoms with E-state index in [9.17, 15) is 78.6 Å². The van der Waals surface area contributed by atoms with Gasteiger partial charge >= 0.3 is 24.1 Å². The summed E-state index contributed by atoms with van der Waals surface area (Å²) < 4.78 is 31.6. The third-order valence-electron chi connectivity index (χ3n) is 20.8. The molecular formula is C91H106N28O18. The van der Waals surface area contributed by atoms with Crippen molar-refractivity contribution in [1.82, 2.24) is 69.3 Å². The fraction of sp³-hybridized carbons (Fsp3) is 0.385. The molecular weight excluding hydrogens is 1770 g/mol. The molecule has 4 fully saturated rings. The van der Waals surface area contributed by atoms with Crippen LogP contribution in [-0.2, 0) is 64.3 Å². The number of ether oxygens (including phenoxy) is 6. The van der Waals surface area contributed by atoms with Crippen LogP contribution < -0.4 is 61.0 Å². The quantitative estimate of drug-likeness (QED) is 0.0189. The zero-order chi connectivity index (χ0) is 99.5. The smallest absolute Gasteiger partial charge is 0.328 e. The average Bonchev–Trinajstić information content (AvgIpc) is 0.828. The highest BCUT2D eigenvalue weighted by Crippen LogP contribution is 2.29. The van der Waals surface area contributed by atoms with Gasteiger partial charge in [-0.15, -0.1) is 0 Å². The summed E-state index contributed by atoms with van der Waals surface area (Å²) in [6.45, 7) is 16.6. The Labute approximate surface area is 789 Å². The zero-order valence-electron chi connectivity index (χ0n) is 77.9. The van der Waals surface area contributed by atoms with Crippen molar-refractivity contribution in [2.75, 3.05) is 207 Å². The third kappa shape index (κ3) is 29.9. The Kier molecular flexibility index (Phi) is 39.0. The predicted octanol–water partition coefficient (Wildman–Crippen LogP) is 6.66. The highest BCUT2D eigenvalue weighted by Gasteiger charge is 2.30. The number of hydrogen-bond donors (Lipinski definition) is 6. The Morgan fingerprint density at radius 1 is 0.445 bits per heavy atom. The van der Waals surface area contributed by atoms with E-state index in [0.29, 0.717) is 148 Å². The normalized spacial score (nSPS) is 13.8. The van der Waals surface area contributed by atoms with Gasteiger partial charge in [-0.05, 0) is 73.0 Å². The zero-order valence-corrected chi connectivity index (χ0v) is 77.9. The van der Waals surface area contributed by atoms with E-state index in [1.165, 1.54) is 91.8 Å². The molecule has 0 unspecified atom stereocenters. The number of pyridine rings is 8. The Morgan fingerprint density at radius 2 is 0.774 bits per heavy atom. The molecule has 12 heterocycles. The van der Waals surface area contributed by atoms with Crippen molar-refractivity contribution in [2.24, 2.45) is 0 Å². The van der Waals surface area contributed by atoms with Crippen LogP contribution in [0, 0.1) is 45.3 Å². The molecule has 4 aliphatic rings. The summed E-state index contributed by atoms with van der Waals surface area (Å²) in [4.78, 5) is 195. The highest BCUT2D eigenvalue weighted by molar-refractivity contribution is 6.03. The summed E-state index contributed by atoms with van der Waals surface area (Å²) in [5.74, 6) is 2.07. The van der Waals surface area contributed by atoms with Gasteiger partial charge in [0.25, 0.3) is 0 Å². The topological polar surface area (TPSA) is 563 Å². The molecule has 12 amide bonds. The lowest BCUT2D eigenvalue weighted by atomic mass is 10.1. The number of nitrogens with one attached hydrogen (secondary N) is 6. The van der Waals surface area contributed by atoms with Gasteiger partial charge in [0.15, 0.2) is 25.1 Å². The maximum absolute atomic E-state index is 12.8. The average molecular weight is 1880 g/mol. The van der Waals surface area contributed by atoms with Crippen LogP contribution >= 0.6 is 0 Å². The van der Waals surface area contributed by atoms with Crippen LogP contribution in [-0.4, -0.2) is 315 Å². The number of morpholine rings is 2. The fourth-order valence-electron chi connectivity index (χ4n) is 13.3. The first-order valence-corrected chi connectivity index (χ1v) is 42.8. The molecule has 0 saturated carbocycles. The Hall–Kier alpha value is -16.2. The lowest BCUT2D eigenvalue weighted by molar-refractivity contribution is -0.144. The van der Waals surface area contributed by atoms with Gasteiger partial charge in [0, 0.05) is 179 Å². The second kappa shape index (κ2) is 51.1. The molecule has 46 heteroatoms. The number of hydrogen-bond acceptors (Lipinski definition) is 34. The molecule has 8 aromatic rings. The lowest BCUT2D eigenvalue weighted by Crippen LogP contribution is -2.48. The monoisotopic (exact) mass is 1880 g/mol. The van der Waals surface area contributed by atoms with E-state index in [1.807, 2.05) is 69.8 Å². The standard InChI is InChI=1S/C23H28N8O4.C23H28N8O3.C23H26N6O6.C22H24N6O5/c1-29-7-8-31(22(33)14-29)13-16-4-5-21(27-19(16)15-32)30(2)23(34)28-20-10-18(25-6-9-35-3)17(11-24)12-26-20;1-15(2)26-18-9-20(25-11-17(18)10-24)28-23(34)30(4)21-6-5-16(19(14-32)27-21)12-31-8-7-29(3)13-22(31)33;1-15(13-33-3)35-19-8-20(25-10-17(19)9-24)27-23(32)28(2)21-5-4-16(18(12-30)26-21)11-29-6-7-34-14-22(29)31;1-14(2)33-18-8-19(24-10-16(18)9-23)26-22(31)27(3)20-5-4-15(17(12-29)25-20)11-28-6-7-32-13-21(28)30/h4-5,10,12,15H,6-9,13-14H2,1-3H3,(H2,25,26,28,34);5-6,9,11,14-15H,7-8,12-13H2,1-4H3,(H2,25,26,28,34);4-5,8,10,12,15H,6-7,11,13-14H2,1-3H3,(H,25,27,32);4-5,8,10,12,14H,6-7,11,13H2,1-3H3,(H,24,26,31)/t;;15-;/m..1./s1. The molecule has 0 bridgehead atoms.